The number of carbonyl (C=O) groups is 1. The Morgan fingerprint density at radius 1 is 0.732 bits per heavy atom. The van der Waals surface area contributed by atoms with E-state index < -0.39 is 97.5 Å². The van der Waals surface area contributed by atoms with E-state index in [4.69, 9.17) is 18.9 Å². The molecule has 6 fully saturated rings. The number of carbonyl (C=O) groups excluding carboxylic acids is 1. The molecule has 56 heavy (non-hydrogen) atoms. The highest BCUT2D eigenvalue weighted by Crippen LogP contribution is 2.77. The predicted molar refractivity (Wildman–Crippen MR) is 199 cm³/mol. The van der Waals surface area contributed by atoms with Gasteiger partial charge in [-0.2, -0.15) is 0 Å². The van der Waals surface area contributed by atoms with E-state index in [1.54, 1.807) is 0 Å². The Kier molecular flexibility index (Phi) is 11.5. The molecule has 2 heterocycles. The molecule has 0 radical (unpaired) electrons. The Balaban J connectivity index is 1.15. The van der Waals surface area contributed by atoms with Crippen LogP contribution in [0.25, 0.3) is 0 Å². The normalized spacial score (nSPS) is 55.8. The third-order valence-corrected chi connectivity index (χ3v) is 17.9. The molecule has 0 aromatic heterocycles. The van der Waals surface area contributed by atoms with Crippen LogP contribution in [0.1, 0.15) is 99.3 Å². The molecule has 0 spiro atoms. The Labute approximate surface area is 330 Å². The molecular formula is C42H68O14. The summed E-state index contributed by atoms with van der Waals surface area (Å²) in [5.74, 6) is 0.0837. The van der Waals surface area contributed by atoms with Crippen molar-refractivity contribution >= 4 is 5.97 Å². The first-order valence-electron chi connectivity index (χ1n) is 21.0. The largest absolute Gasteiger partial charge is 0.432 e. The van der Waals surface area contributed by atoms with Crippen molar-refractivity contribution in [2.45, 2.75) is 167 Å². The molecule has 21 atom stereocenters. The second-order valence-corrected chi connectivity index (χ2v) is 19.9. The molecule has 2 saturated heterocycles. The summed E-state index contributed by atoms with van der Waals surface area (Å²) >= 11 is 0. The molecule has 0 aromatic carbocycles. The van der Waals surface area contributed by atoms with Gasteiger partial charge in [-0.3, -0.25) is 4.79 Å². The van der Waals surface area contributed by atoms with E-state index in [1.807, 2.05) is 0 Å². The van der Waals surface area contributed by atoms with Gasteiger partial charge in [-0.1, -0.05) is 46.3 Å². The van der Waals surface area contributed by atoms with Gasteiger partial charge in [-0.05, 0) is 111 Å². The lowest BCUT2D eigenvalue weighted by atomic mass is 9.31. The van der Waals surface area contributed by atoms with Gasteiger partial charge in [0, 0.05) is 5.41 Å². The summed E-state index contributed by atoms with van der Waals surface area (Å²) in [4.78, 5) is 14.6. The van der Waals surface area contributed by atoms with Crippen LogP contribution in [0.4, 0.5) is 0 Å². The standard InChI is InChI=1S/C42H68O14/c1-20-9-14-42(37(52)56-36-34(51)32(49)30(47)24(18-44)54-36)16-15-40(5)22(28(42)21(20)2)7-8-26-38(3)12-11-27(39(4,19-45)25(38)10-13-41(26,40)6)55-35-33(50)31(48)29(46)23(17-43)53-35/h9,21-36,43-51H,7-8,10-19H2,1-6H3/t21-,22+,23-,24-,25-,26-,27+,28-,29-,30-,31+,32+,33-,34-,35+,36+,38+,39+,40-,41-,42+/m1/s1. The number of ether oxygens (including phenoxy) is 4. The molecule has 14 nitrogen and oxygen atoms in total. The number of rotatable bonds is 7. The van der Waals surface area contributed by atoms with Crippen molar-refractivity contribution < 1.29 is 69.7 Å². The fourth-order valence-electron chi connectivity index (χ4n) is 14.2. The van der Waals surface area contributed by atoms with Gasteiger partial charge in [0.2, 0.25) is 6.29 Å². The maximum atomic E-state index is 14.6. The minimum atomic E-state index is -1.67. The van der Waals surface area contributed by atoms with Gasteiger partial charge in [-0.15, -0.1) is 0 Å². The van der Waals surface area contributed by atoms with E-state index >= 15 is 0 Å². The lowest BCUT2D eigenvalue weighted by molar-refractivity contribution is -0.335. The molecule has 4 saturated carbocycles. The zero-order valence-electron chi connectivity index (χ0n) is 33.9. The van der Waals surface area contributed by atoms with Gasteiger partial charge in [0.1, 0.15) is 48.8 Å². The zero-order valence-corrected chi connectivity index (χ0v) is 33.9. The van der Waals surface area contributed by atoms with Crippen molar-refractivity contribution in [3.63, 3.8) is 0 Å². The van der Waals surface area contributed by atoms with Crippen molar-refractivity contribution in [3.8, 4) is 0 Å². The van der Waals surface area contributed by atoms with Crippen molar-refractivity contribution in [2.24, 2.45) is 56.7 Å². The molecule has 2 aliphatic heterocycles. The lowest BCUT2D eigenvalue weighted by Gasteiger charge is -2.73. The van der Waals surface area contributed by atoms with E-state index in [1.165, 1.54) is 5.57 Å². The quantitative estimate of drug-likeness (QED) is 0.1000. The Morgan fingerprint density at radius 3 is 1.95 bits per heavy atom. The summed E-state index contributed by atoms with van der Waals surface area (Å²) in [5.41, 5.74) is -0.785. The van der Waals surface area contributed by atoms with Crippen LogP contribution in [0.2, 0.25) is 0 Å². The molecule has 0 amide bonds. The second kappa shape index (κ2) is 15.0. The summed E-state index contributed by atoms with van der Waals surface area (Å²) in [7, 11) is 0. The third kappa shape index (κ3) is 6.05. The van der Waals surface area contributed by atoms with Crippen LogP contribution in [0.5, 0.6) is 0 Å². The number of hydrogen-bond donors (Lipinski definition) is 9. The minimum absolute atomic E-state index is 0.0580. The van der Waals surface area contributed by atoms with Crippen LogP contribution in [0.15, 0.2) is 11.6 Å². The summed E-state index contributed by atoms with van der Waals surface area (Å²) in [6.07, 6.45) is -6.09. The summed E-state index contributed by atoms with van der Waals surface area (Å²) in [5, 5.41) is 94.0. The molecule has 7 aliphatic rings. The van der Waals surface area contributed by atoms with Crippen molar-refractivity contribution in [1.82, 2.24) is 0 Å². The van der Waals surface area contributed by atoms with E-state index in [0.29, 0.717) is 25.2 Å². The molecule has 9 N–H and O–H groups in total. The number of allylic oxidation sites excluding steroid dienone is 2. The highest BCUT2D eigenvalue weighted by Gasteiger charge is 2.72. The Hall–Kier alpha value is -1.27. The Morgan fingerprint density at radius 2 is 1.34 bits per heavy atom. The van der Waals surface area contributed by atoms with Gasteiger partial charge in [-0.25, -0.2) is 0 Å². The second-order valence-electron chi connectivity index (χ2n) is 19.9. The highest BCUT2D eigenvalue weighted by atomic mass is 16.7. The molecule has 0 unspecified atom stereocenters. The summed E-state index contributed by atoms with van der Waals surface area (Å²) in [6.45, 7) is 12.3. The number of aliphatic hydroxyl groups excluding tert-OH is 9. The summed E-state index contributed by atoms with van der Waals surface area (Å²) < 4.78 is 23.8. The first kappa shape index (κ1) is 42.8. The van der Waals surface area contributed by atoms with Crippen molar-refractivity contribution in [1.29, 1.82) is 0 Å². The summed E-state index contributed by atoms with van der Waals surface area (Å²) in [6, 6.07) is 0. The van der Waals surface area contributed by atoms with Gasteiger partial charge >= 0.3 is 5.97 Å². The van der Waals surface area contributed by atoms with Crippen molar-refractivity contribution in [2.75, 3.05) is 19.8 Å². The van der Waals surface area contributed by atoms with Gasteiger partial charge in [0.25, 0.3) is 0 Å². The van der Waals surface area contributed by atoms with Crippen LogP contribution in [-0.4, -0.2) is 139 Å². The molecule has 7 rings (SSSR count). The molecule has 5 aliphatic carbocycles. The molecule has 0 aromatic rings. The Bertz CT molecular complexity index is 1490. The van der Waals surface area contributed by atoms with E-state index in [9.17, 15) is 50.8 Å². The number of fused-ring (bicyclic) bond motifs is 7. The van der Waals surface area contributed by atoms with E-state index in [-0.39, 0.29) is 46.5 Å². The fraction of sp³-hybridized carbons (Fsp3) is 0.929. The maximum Gasteiger partial charge on any atom is 0.315 e. The fourth-order valence-corrected chi connectivity index (χ4v) is 14.2. The van der Waals surface area contributed by atoms with Crippen LogP contribution in [0.3, 0.4) is 0 Å². The van der Waals surface area contributed by atoms with Gasteiger partial charge in [0.15, 0.2) is 6.29 Å². The highest BCUT2D eigenvalue weighted by molar-refractivity contribution is 5.78. The molecular weight excluding hydrogens is 728 g/mol. The number of hydrogen-bond acceptors (Lipinski definition) is 14. The predicted octanol–water partition coefficient (Wildman–Crippen LogP) is 1.14. The monoisotopic (exact) mass is 796 g/mol. The average Bonchev–Trinajstić information content (AvgIpc) is 3.17. The third-order valence-electron chi connectivity index (χ3n) is 17.9. The van der Waals surface area contributed by atoms with Crippen LogP contribution < -0.4 is 0 Å². The van der Waals surface area contributed by atoms with E-state index in [2.05, 4.69) is 47.6 Å². The molecule has 14 heteroatoms. The smallest absolute Gasteiger partial charge is 0.315 e. The first-order chi connectivity index (χ1) is 26.3. The minimum Gasteiger partial charge on any atom is -0.432 e. The average molecular weight is 797 g/mol. The molecule has 320 valence electrons. The number of aliphatic hydroxyl groups is 9. The van der Waals surface area contributed by atoms with E-state index in [0.717, 1.165) is 38.5 Å². The van der Waals surface area contributed by atoms with Gasteiger partial charge < -0.3 is 64.9 Å². The van der Waals surface area contributed by atoms with Crippen molar-refractivity contribution in [3.05, 3.63) is 11.6 Å². The SMILES string of the molecule is CC1=CC[C@]2(C(=O)O[C@@H]3O[C@H](CO)[C@@H](O)[C@H](O)[C@H]3O)CC[C@]3(C)[C@@H](CC[C@@H]4[C@@]5(C)CC[C@H](O[C@@H]6O[C@H](CO)[C@@H](O)[C@H](O)[C@H]6O)[C@@](C)(CO)[C@@H]5CC[C@]43C)[C@H]2[C@@H]1C. The van der Waals surface area contributed by atoms with Crippen LogP contribution >= 0.6 is 0 Å². The topological polar surface area (TPSA) is 236 Å². The van der Waals surface area contributed by atoms with Crippen LogP contribution in [-0.2, 0) is 23.7 Å². The first-order valence-corrected chi connectivity index (χ1v) is 21.0. The number of esters is 1. The zero-order chi connectivity index (χ0) is 40.9. The van der Waals surface area contributed by atoms with Crippen LogP contribution in [0, 0.1) is 56.7 Å². The molecule has 0 bridgehead atoms. The maximum absolute atomic E-state index is 14.6. The van der Waals surface area contributed by atoms with Gasteiger partial charge in [0.05, 0.1) is 31.3 Å². The lowest BCUT2D eigenvalue weighted by Crippen LogP contribution is -2.69.